The molecular formula is C50H49N5O5S5. The zero-order valence-corrected chi connectivity index (χ0v) is 40.0. The predicted octanol–water partition coefficient (Wildman–Crippen LogP) is 13.2. The van der Waals surface area contributed by atoms with E-state index in [-0.39, 0.29) is 49.5 Å². The molecule has 0 spiro atoms. The van der Waals surface area contributed by atoms with Crippen LogP contribution in [0.3, 0.4) is 0 Å². The Hall–Kier alpha value is -5.00. The van der Waals surface area contributed by atoms with Crippen LogP contribution in [0.15, 0.2) is 107 Å². The molecule has 65 heavy (non-hydrogen) atoms. The van der Waals surface area contributed by atoms with Crippen LogP contribution in [0.4, 0.5) is 0 Å². The number of aryl methyl sites for hydroxylation is 1. The summed E-state index contributed by atoms with van der Waals surface area (Å²) in [6, 6.07) is 31.1. The predicted molar refractivity (Wildman–Crippen MR) is 279 cm³/mol. The van der Waals surface area contributed by atoms with E-state index in [4.69, 9.17) is 24.4 Å². The minimum absolute atomic E-state index is 0. The lowest BCUT2D eigenvalue weighted by molar-refractivity contribution is -0.187. The van der Waals surface area contributed by atoms with Gasteiger partial charge in [0.1, 0.15) is 43.7 Å². The van der Waals surface area contributed by atoms with E-state index in [2.05, 4.69) is 40.3 Å². The third kappa shape index (κ3) is 10.2. The summed E-state index contributed by atoms with van der Waals surface area (Å²) >= 11 is 8.34. The third-order valence-corrected chi connectivity index (χ3v) is 16.0. The zero-order valence-electron chi connectivity index (χ0n) is 35.9. The largest absolute Gasteiger partial charge is 0.508 e. The van der Waals surface area contributed by atoms with Gasteiger partial charge in [0.15, 0.2) is 12.1 Å². The van der Waals surface area contributed by atoms with Crippen molar-refractivity contribution in [3.05, 3.63) is 112 Å². The quantitative estimate of drug-likeness (QED) is 0.141. The maximum Gasteiger partial charge on any atom is 0.181 e. The van der Waals surface area contributed by atoms with E-state index >= 15 is 0 Å². The van der Waals surface area contributed by atoms with Crippen molar-refractivity contribution in [3.63, 3.8) is 0 Å². The number of phenols is 2. The smallest absolute Gasteiger partial charge is 0.181 e. The molecule has 0 aliphatic carbocycles. The number of carbonyl (C=O) groups excluding carboxylic acids is 1. The molecule has 0 saturated carbocycles. The number of nitrogens with zero attached hydrogens (tertiary/aromatic N) is 5. The Morgan fingerprint density at radius 2 is 1.11 bits per heavy atom. The van der Waals surface area contributed by atoms with E-state index in [9.17, 15) is 15.0 Å². The van der Waals surface area contributed by atoms with Crippen LogP contribution in [-0.2, 0) is 14.3 Å². The molecule has 0 radical (unpaired) electrons. The first kappa shape index (κ1) is 46.5. The number of hydrogen-bond donors (Lipinski definition) is 2. The number of carbonyl (C=O) groups is 1. The Bertz CT molecular complexity index is 3260. The number of aliphatic imine (C=N–C) groups is 2. The average Bonchev–Trinajstić information content (AvgIpc) is 4.12. The maximum absolute atomic E-state index is 11.4. The lowest BCUT2D eigenvalue weighted by Gasteiger charge is -2.25. The van der Waals surface area contributed by atoms with Gasteiger partial charge in [0.25, 0.3) is 0 Å². The molecule has 2 N–H and O–H groups in total. The van der Waals surface area contributed by atoms with Crippen LogP contribution in [0.2, 0.25) is 0 Å². The van der Waals surface area contributed by atoms with Crippen LogP contribution < -0.4 is 0 Å². The van der Waals surface area contributed by atoms with Gasteiger partial charge in [0.2, 0.25) is 0 Å². The number of hydrogen-bond acceptors (Lipinski definition) is 15. The number of aromatic hydroxyl groups is 2. The maximum atomic E-state index is 11.4. The standard InChI is InChI=1S/C21H24N2O3S2.C16H12N2OS2.C12H9NOS.CH4/c1-11(2)25-21(26-12(3)4)17-10-27-19(23-17)20-22-16-8-5-13-9-14(24)6-7-15(13)18(16)28-20;1-9(19)13-8-20-15(18-13)16-17-12-7-6-10-4-2-3-5-11(10)14(12)21-16;1-7-13-11-5-2-8-6-9(14)3-4-10(8)12(11)15-7;/h5-9,11-12,17,21,24H,10H2,1-4H3;2-7,13H,8H2,1H3;2-6,14H,1H3;1H4. The van der Waals surface area contributed by atoms with Crippen molar-refractivity contribution in [1.29, 1.82) is 0 Å². The number of aromatic nitrogens is 3. The molecule has 5 heterocycles. The first-order valence-electron chi connectivity index (χ1n) is 20.9. The summed E-state index contributed by atoms with van der Waals surface area (Å²) in [6.07, 6.45) is -0.181. The second-order valence-corrected chi connectivity index (χ2v) is 21.2. The van der Waals surface area contributed by atoms with Crippen LogP contribution in [-0.4, -0.2) is 83.1 Å². The lowest BCUT2D eigenvalue weighted by atomic mass is 10.1. The van der Waals surface area contributed by atoms with Crippen molar-refractivity contribution in [2.75, 3.05) is 11.5 Å². The number of ketones is 1. The summed E-state index contributed by atoms with van der Waals surface area (Å²) in [7, 11) is 0. The summed E-state index contributed by atoms with van der Waals surface area (Å²) in [5, 5.41) is 30.7. The van der Waals surface area contributed by atoms with Crippen molar-refractivity contribution in [2.45, 2.75) is 79.6 Å². The topological polar surface area (TPSA) is 139 Å². The van der Waals surface area contributed by atoms with E-state index in [1.165, 1.54) is 20.2 Å². The molecule has 6 aromatic carbocycles. The number of Topliss-reactive ketones (excluding diaryl/α,β-unsaturated/α-hetero) is 1. The molecule has 3 aromatic heterocycles. The Kier molecular flexibility index (Phi) is 14.2. The fraction of sp³-hybridized carbons (Fsp3) is 0.280. The Morgan fingerprint density at radius 1 is 0.615 bits per heavy atom. The molecule has 15 heteroatoms. The minimum atomic E-state index is -0.344. The monoisotopic (exact) mass is 959 g/mol. The summed E-state index contributed by atoms with van der Waals surface area (Å²) in [6.45, 7) is 11.7. The normalized spacial score (nSPS) is 16.1. The molecule has 11 rings (SSSR count). The van der Waals surface area contributed by atoms with Gasteiger partial charge in [-0.2, -0.15) is 0 Å². The van der Waals surface area contributed by atoms with Crippen LogP contribution in [0.1, 0.15) is 57.1 Å². The highest BCUT2D eigenvalue weighted by Crippen LogP contribution is 2.37. The molecular weight excluding hydrogens is 911 g/mol. The van der Waals surface area contributed by atoms with Gasteiger partial charge in [-0.25, -0.2) is 15.0 Å². The van der Waals surface area contributed by atoms with Crippen molar-refractivity contribution >= 4 is 136 Å². The van der Waals surface area contributed by atoms with Crippen LogP contribution in [0.5, 0.6) is 11.5 Å². The van der Waals surface area contributed by atoms with Gasteiger partial charge in [-0.05, 0) is 112 Å². The number of thioether (sulfide) groups is 2. The van der Waals surface area contributed by atoms with E-state index < -0.39 is 0 Å². The number of fused-ring (bicyclic) bond motifs is 9. The molecule has 0 saturated heterocycles. The molecule has 0 bridgehead atoms. The first-order chi connectivity index (χ1) is 30.9. The van der Waals surface area contributed by atoms with Crippen molar-refractivity contribution in [2.24, 2.45) is 9.98 Å². The van der Waals surface area contributed by atoms with Crippen LogP contribution >= 0.6 is 57.5 Å². The van der Waals surface area contributed by atoms with Crippen molar-refractivity contribution in [3.8, 4) is 11.5 Å². The summed E-state index contributed by atoms with van der Waals surface area (Å²) < 4.78 is 15.5. The van der Waals surface area contributed by atoms with Crippen LogP contribution in [0, 0.1) is 6.92 Å². The molecule has 2 aliphatic rings. The van der Waals surface area contributed by atoms with E-state index in [1.807, 2.05) is 77.1 Å². The molecule has 2 atom stereocenters. The highest BCUT2D eigenvalue weighted by Gasteiger charge is 2.32. The second-order valence-electron chi connectivity index (χ2n) is 16.0. The third-order valence-electron chi connectivity index (χ3n) is 10.4. The summed E-state index contributed by atoms with van der Waals surface area (Å²) in [5.41, 5.74) is 3.00. The average molecular weight is 960 g/mol. The van der Waals surface area contributed by atoms with Gasteiger partial charge in [-0.1, -0.05) is 49.9 Å². The number of benzene rings is 6. The number of rotatable bonds is 8. The van der Waals surface area contributed by atoms with Gasteiger partial charge in [-0.3, -0.25) is 14.8 Å². The fourth-order valence-electron chi connectivity index (χ4n) is 7.45. The summed E-state index contributed by atoms with van der Waals surface area (Å²) in [5.74, 6) is 2.27. The molecule has 0 amide bonds. The van der Waals surface area contributed by atoms with Gasteiger partial charge in [0, 0.05) is 27.7 Å². The zero-order chi connectivity index (χ0) is 44.6. The first-order valence-corrected chi connectivity index (χ1v) is 25.3. The van der Waals surface area contributed by atoms with E-state index in [1.54, 1.807) is 88.7 Å². The Balaban J connectivity index is 0.000000138. The molecule has 10 nitrogen and oxygen atoms in total. The molecule has 2 unspecified atom stereocenters. The van der Waals surface area contributed by atoms with Gasteiger partial charge < -0.3 is 19.7 Å². The van der Waals surface area contributed by atoms with E-state index in [0.29, 0.717) is 5.75 Å². The Labute approximate surface area is 397 Å². The summed E-state index contributed by atoms with van der Waals surface area (Å²) in [4.78, 5) is 34.8. The van der Waals surface area contributed by atoms with Crippen molar-refractivity contribution in [1.82, 2.24) is 15.0 Å². The molecule has 334 valence electrons. The Morgan fingerprint density at radius 3 is 1.66 bits per heavy atom. The molecule has 9 aromatic rings. The van der Waals surface area contributed by atoms with Gasteiger partial charge in [0.05, 0.1) is 47.9 Å². The lowest BCUT2D eigenvalue weighted by Crippen LogP contribution is -2.35. The van der Waals surface area contributed by atoms with Gasteiger partial charge >= 0.3 is 0 Å². The van der Waals surface area contributed by atoms with Gasteiger partial charge in [-0.15, -0.1) is 57.5 Å². The SMILES string of the molecule is C.CC(=O)C1CSC(c2nc3ccc4ccccc4c3s2)=N1.CC(C)OC(OC(C)C)C1CSC(c2nc3ccc4cc(O)ccc4c3s2)=N1.Cc1nc2ccc3cc(O)ccc3c2s1. The highest BCUT2D eigenvalue weighted by atomic mass is 32.2. The number of thiazole rings is 3. The van der Waals surface area contributed by atoms with Crippen LogP contribution in [0.25, 0.3) is 63.0 Å². The highest BCUT2D eigenvalue weighted by molar-refractivity contribution is 8.15. The van der Waals surface area contributed by atoms with E-state index in [0.717, 1.165) is 79.4 Å². The fourth-order valence-corrected chi connectivity index (χ4v) is 12.9. The minimum Gasteiger partial charge on any atom is -0.508 e. The van der Waals surface area contributed by atoms with Crippen molar-refractivity contribution < 1.29 is 24.5 Å². The second kappa shape index (κ2) is 19.8. The number of phenolic OH excluding ortho intramolecular Hbond substituents is 2. The number of ether oxygens (including phenoxy) is 2. The molecule has 2 aliphatic heterocycles. The molecule has 0 fully saturated rings.